The normalized spacial score (nSPS) is 17.9. The van der Waals surface area contributed by atoms with E-state index in [4.69, 9.17) is 4.74 Å². The van der Waals surface area contributed by atoms with Crippen LogP contribution in [0.3, 0.4) is 0 Å². The van der Waals surface area contributed by atoms with Gasteiger partial charge in [-0.15, -0.1) is 0 Å². The van der Waals surface area contributed by atoms with Crippen molar-refractivity contribution in [3.05, 3.63) is 29.8 Å². The number of hydrogen-bond donors (Lipinski definition) is 1. The average molecular weight is 304 g/mol. The van der Waals surface area contributed by atoms with Crippen LogP contribution in [0, 0.1) is 5.92 Å². The molecule has 1 atom stereocenters. The molecule has 1 aliphatic rings. The molecule has 5 heteroatoms. The van der Waals surface area contributed by atoms with Crippen LogP contribution in [-0.2, 0) is 16.0 Å². The number of benzene rings is 1. The zero-order valence-electron chi connectivity index (χ0n) is 13.3. The third-order valence-electron chi connectivity index (χ3n) is 3.97. The van der Waals surface area contributed by atoms with Crippen molar-refractivity contribution < 1.29 is 14.3 Å². The number of piperidine rings is 1. The second-order valence-corrected chi connectivity index (χ2v) is 5.89. The Hall–Kier alpha value is -2.04. The van der Waals surface area contributed by atoms with Crippen LogP contribution in [0.15, 0.2) is 24.3 Å². The average Bonchev–Trinajstić information content (AvgIpc) is 2.53. The van der Waals surface area contributed by atoms with E-state index in [2.05, 4.69) is 12.2 Å². The fraction of sp³-hybridized carbons (Fsp3) is 0.529. The lowest BCUT2D eigenvalue weighted by atomic mass is 10.0. The minimum atomic E-state index is -0.136. The SMILES string of the molecule is COc1ccc(CC(=O)NCC(=O)N2CCCC(C)C2)cc1. The third kappa shape index (κ3) is 4.76. The minimum absolute atomic E-state index is 0.00892. The van der Waals surface area contributed by atoms with Crippen molar-refractivity contribution in [3.8, 4) is 5.75 Å². The molecule has 0 radical (unpaired) electrons. The Kier molecular flexibility index (Phi) is 5.81. The summed E-state index contributed by atoms with van der Waals surface area (Å²) in [6.45, 7) is 3.84. The molecule has 1 heterocycles. The maximum atomic E-state index is 12.1. The number of methoxy groups -OCH3 is 1. The maximum absolute atomic E-state index is 12.1. The summed E-state index contributed by atoms with van der Waals surface area (Å²) in [5.41, 5.74) is 0.900. The zero-order chi connectivity index (χ0) is 15.9. The number of likely N-dealkylation sites (tertiary alicyclic amines) is 1. The summed E-state index contributed by atoms with van der Waals surface area (Å²) in [5, 5.41) is 2.71. The largest absolute Gasteiger partial charge is 0.497 e. The summed E-state index contributed by atoms with van der Waals surface area (Å²) in [6, 6.07) is 7.35. The van der Waals surface area contributed by atoms with Gasteiger partial charge in [0.25, 0.3) is 0 Å². The molecule has 0 aliphatic carbocycles. The van der Waals surface area contributed by atoms with Gasteiger partial charge in [-0.25, -0.2) is 0 Å². The van der Waals surface area contributed by atoms with Gasteiger partial charge in [0, 0.05) is 13.1 Å². The summed E-state index contributed by atoms with van der Waals surface area (Å²) >= 11 is 0. The smallest absolute Gasteiger partial charge is 0.241 e. The van der Waals surface area contributed by atoms with Crippen LogP contribution >= 0.6 is 0 Å². The summed E-state index contributed by atoms with van der Waals surface area (Å²) < 4.78 is 5.08. The number of nitrogens with zero attached hydrogens (tertiary/aromatic N) is 1. The first kappa shape index (κ1) is 16.3. The quantitative estimate of drug-likeness (QED) is 0.899. The molecule has 2 rings (SSSR count). The Labute approximate surface area is 131 Å². The van der Waals surface area contributed by atoms with E-state index in [1.54, 1.807) is 7.11 Å². The van der Waals surface area contributed by atoms with Crippen molar-refractivity contribution >= 4 is 11.8 Å². The molecule has 1 unspecified atom stereocenters. The summed E-state index contributed by atoms with van der Waals surface area (Å²) in [6.07, 6.45) is 2.49. The van der Waals surface area contributed by atoms with Crippen LogP contribution in [0.25, 0.3) is 0 Å². The van der Waals surface area contributed by atoms with Crippen LogP contribution in [0.4, 0.5) is 0 Å². The van der Waals surface area contributed by atoms with E-state index in [1.165, 1.54) is 6.42 Å². The Morgan fingerprint density at radius 3 is 2.68 bits per heavy atom. The summed E-state index contributed by atoms with van der Waals surface area (Å²) in [5.74, 6) is 1.18. The highest BCUT2D eigenvalue weighted by Gasteiger charge is 2.20. The van der Waals surface area contributed by atoms with Crippen LogP contribution in [-0.4, -0.2) is 43.5 Å². The summed E-state index contributed by atoms with van der Waals surface area (Å²) in [4.78, 5) is 25.8. The van der Waals surface area contributed by atoms with Gasteiger partial charge < -0.3 is 15.0 Å². The standard InChI is InChI=1S/C17H24N2O3/c1-13-4-3-9-19(12-13)17(21)11-18-16(20)10-14-5-7-15(22-2)8-6-14/h5-8,13H,3-4,9-12H2,1-2H3,(H,18,20). The Balaban J connectivity index is 1.75. The number of carbonyl (C=O) groups excluding carboxylic acids is 2. The highest BCUT2D eigenvalue weighted by Crippen LogP contribution is 2.15. The van der Waals surface area contributed by atoms with Crippen LogP contribution < -0.4 is 10.1 Å². The summed E-state index contributed by atoms with van der Waals surface area (Å²) in [7, 11) is 1.61. The Bertz CT molecular complexity index is 513. The topological polar surface area (TPSA) is 58.6 Å². The molecule has 0 saturated carbocycles. The molecule has 1 N–H and O–H groups in total. The molecule has 1 aromatic rings. The Morgan fingerprint density at radius 1 is 1.32 bits per heavy atom. The van der Waals surface area contributed by atoms with Crippen LogP contribution in [0.1, 0.15) is 25.3 Å². The van der Waals surface area contributed by atoms with Gasteiger partial charge in [0.15, 0.2) is 0 Å². The fourth-order valence-electron chi connectivity index (χ4n) is 2.69. The maximum Gasteiger partial charge on any atom is 0.241 e. The molecule has 22 heavy (non-hydrogen) atoms. The first-order valence-corrected chi connectivity index (χ1v) is 7.76. The monoisotopic (exact) mass is 304 g/mol. The number of rotatable bonds is 5. The molecule has 0 aromatic heterocycles. The van der Waals surface area contributed by atoms with Crippen molar-refractivity contribution in [2.45, 2.75) is 26.2 Å². The fourth-order valence-corrected chi connectivity index (χ4v) is 2.69. The van der Waals surface area contributed by atoms with Gasteiger partial charge in [-0.3, -0.25) is 9.59 Å². The highest BCUT2D eigenvalue weighted by molar-refractivity contribution is 5.85. The minimum Gasteiger partial charge on any atom is -0.497 e. The lowest BCUT2D eigenvalue weighted by Gasteiger charge is -2.31. The lowest BCUT2D eigenvalue weighted by Crippen LogP contribution is -2.44. The Morgan fingerprint density at radius 2 is 2.05 bits per heavy atom. The van der Waals surface area contributed by atoms with Crippen molar-refractivity contribution in [2.24, 2.45) is 5.92 Å². The van der Waals surface area contributed by atoms with E-state index in [1.807, 2.05) is 29.2 Å². The first-order valence-electron chi connectivity index (χ1n) is 7.76. The molecule has 1 aliphatic heterocycles. The van der Waals surface area contributed by atoms with Crippen LogP contribution in [0.5, 0.6) is 5.75 Å². The van der Waals surface area contributed by atoms with Gasteiger partial charge >= 0.3 is 0 Å². The molecular weight excluding hydrogens is 280 g/mol. The zero-order valence-corrected chi connectivity index (χ0v) is 13.3. The molecule has 1 aromatic carbocycles. The number of hydrogen-bond acceptors (Lipinski definition) is 3. The van der Waals surface area contributed by atoms with E-state index in [0.29, 0.717) is 5.92 Å². The van der Waals surface area contributed by atoms with Gasteiger partial charge in [0.1, 0.15) is 5.75 Å². The van der Waals surface area contributed by atoms with Gasteiger partial charge in [0.05, 0.1) is 20.1 Å². The van der Waals surface area contributed by atoms with Gasteiger partial charge in [-0.05, 0) is 36.5 Å². The third-order valence-corrected chi connectivity index (χ3v) is 3.97. The first-order chi connectivity index (χ1) is 10.6. The highest BCUT2D eigenvalue weighted by atomic mass is 16.5. The van der Waals surface area contributed by atoms with Crippen molar-refractivity contribution in [1.82, 2.24) is 10.2 Å². The van der Waals surface area contributed by atoms with Gasteiger partial charge in [-0.2, -0.15) is 0 Å². The number of ether oxygens (including phenoxy) is 1. The number of nitrogens with one attached hydrogen (secondary N) is 1. The van der Waals surface area contributed by atoms with Crippen LogP contribution in [0.2, 0.25) is 0 Å². The second-order valence-electron chi connectivity index (χ2n) is 5.89. The molecule has 1 saturated heterocycles. The van der Waals surface area contributed by atoms with Crippen molar-refractivity contribution in [3.63, 3.8) is 0 Å². The molecule has 5 nitrogen and oxygen atoms in total. The van der Waals surface area contributed by atoms with E-state index in [9.17, 15) is 9.59 Å². The molecule has 120 valence electrons. The van der Waals surface area contributed by atoms with E-state index >= 15 is 0 Å². The molecule has 0 bridgehead atoms. The molecule has 1 fully saturated rings. The predicted molar refractivity (Wildman–Crippen MR) is 84.7 cm³/mol. The lowest BCUT2D eigenvalue weighted by molar-refractivity contribution is -0.134. The second kappa shape index (κ2) is 7.82. The molecular formula is C17H24N2O3. The molecule has 0 spiro atoms. The van der Waals surface area contributed by atoms with Gasteiger partial charge in [-0.1, -0.05) is 19.1 Å². The van der Waals surface area contributed by atoms with E-state index < -0.39 is 0 Å². The predicted octanol–water partition coefficient (Wildman–Crippen LogP) is 1.61. The molecule has 2 amide bonds. The van der Waals surface area contributed by atoms with Gasteiger partial charge in [0.2, 0.25) is 11.8 Å². The van der Waals surface area contributed by atoms with Crippen molar-refractivity contribution in [2.75, 3.05) is 26.7 Å². The van der Waals surface area contributed by atoms with Crippen molar-refractivity contribution in [1.29, 1.82) is 0 Å². The number of amides is 2. The van der Waals surface area contributed by atoms with E-state index in [0.717, 1.165) is 30.8 Å². The number of carbonyl (C=O) groups is 2. The van der Waals surface area contributed by atoms with E-state index in [-0.39, 0.29) is 24.8 Å².